The number of carbonyl (C=O) groups is 1. The van der Waals surface area contributed by atoms with E-state index in [0.29, 0.717) is 17.4 Å². The van der Waals surface area contributed by atoms with Crippen LogP contribution in [0.3, 0.4) is 0 Å². The number of hydrogen-bond donors (Lipinski definition) is 2. The molecule has 1 aliphatic rings. The predicted molar refractivity (Wildman–Crippen MR) is 119 cm³/mol. The third-order valence-corrected chi connectivity index (χ3v) is 6.28. The first kappa shape index (κ1) is 24.3. The van der Waals surface area contributed by atoms with Crippen molar-refractivity contribution in [1.82, 2.24) is 9.88 Å². The number of amides is 1. The Balaban J connectivity index is 1.61. The number of nitrogens with zero attached hydrogens (tertiary/aromatic N) is 2. The second kappa shape index (κ2) is 11.0. The molecule has 0 atom stereocenters. The van der Waals surface area contributed by atoms with E-state index in [1.807, 2.05) is 12.3 Å². The van der Waals surface area contributed by atoms with Gasteiger partial charge in [-0.05, 0) is 50.6 Å². The number of halogens is 3. The van der Waals surface area contributed by atoms with Crippen LogP contribution in [0.15, 0.2) is 23.6 Å². The van der Waals surface area contributed by atoms with Crippen molar-refractivity contribution >= 4 is 28.1 Å². The van der Waals surface area contributed by atoms with Crippen molar-refractivity contribution in [2.75, 3.05) is 25.0 Å². The summed E-state index contributed by atoms with van der Waals surface area (Å²) in [5.41, 5.74) is 5.71. The van der Waals surface area contributed by atoms with Gasteiger partial charge in [0.15, 0.2) is 5.13 Å². The molecule has 2 aromatic rings. The fraction of sp³-hybridized carbons (Fsp3) is 0.545. The van der Waals surface area contributed by atoms with Crippen LogP contribution in [0.5, 0.6) is 5.75 Å². The number of thiazole rings is 1. The minimum absolute atomic E-state index is 0.0691. The van der Waals surface area contributed by atoms with Crippen LogP contribution in [0, 0.1) is 5.92 Å². The average Bonchev–Trinajstić information content (AvgIpc) is 3.18. The third kappa shape index (κ3) is 6.83. The standard InChI is InChI=1S/C22H29F3N4O2S/c1-2-3-4-11-31-19-6-5-16(12-18(19)22(23,24)25)27-21-28-17(14-32-21)13-29-9-7-15(8-10-29)20(26)30/h5-6,12,14-15H,2-4,7-11,13H2,1H3,(H2,26,30)(H,27,28). The number of anilines is 2. The van der Waals surface area contributed by atoms with Crippen LogP contribution in [-0.4, -0.2) is 35.5 Å². The van der Waals surface area contributed by atoms with Crippen molar-refractivity contribution in [2.24, 2.45) is 11.7 Å². The van der Waals surface area contributed by atoms with Gasteiger partial charge < -0.3 is 15.8 Å². The van der Waals surface area contributed by atoms with Crippen molar-refractivity contribution < 1.29 is 22.7 Å². The number of nitrogens with one attached hydrogen (secondary N) is 1. The molecule has 3 rings (SSSR count). The van der Waals surface area contributed by atoms with E-state index in [2.05, 4.69) is 15.2 Å². The molecule has 1 fully saturated rings. The summed E-state index contributed by atoms with van der Waals surface area (Å²) in [6.45, 7) is 4.45. The van der Waals surface area contributed by atoms with Gasteiger partial charge in [-0.3, -0.25) is 9.69 Å². The molecule has 1 aliphatic heterocycles. The SMILES string of the molecule is CCCCCOc1ccc(Nc2nc(CN3CCC(C(N)=O)CC3)cs2)cc1C(F)(F)F. The first-order valence-electron chi connectivity index (χ1n) is 10.8. The van der Waals surface area contributed by atoms with Crippen molar-refractivity contribution in [3.63, 3.8) is 0 Å². The molecule has 2 heterocycles. The lowest BCUT2D eigenvalue weighted by Gasteiger charge is -2.29. The van der Waals surface area contributed by atoms with Crippen molar-refractivity contribution in [3.05, 3.63) is 34.8 Å². The molecular weight excluding hydrogens is 441 g/mol. The second-order valence-corrected chi connectivity index (χ2v) is 8.84. The van der Waals surface area contributed by atoms with E-state index in [1.165, 1.54) is 17.4 Å². The van der Waals surface area contributed by atoms with E-state index in [9.17, 15) is 18.0 Å². The van der Waals surface area contributed by atoms with Gasteiger partial charge in [0, 0.05) is 23.5 Å². The lowest BCUT2D eigenvalue weighted by Crippen LogP contribution is -2.38. The topological polar surface area (TPSA) is 80.5 Å². The Labute approximate surface area is 190 Å². The zero-order valence-corrected chi connectivity index (χ0v) is 18.9. The van der Waals surface area contributed by atoms with Gasteiger partial charge in [-0.2, -0.15) is 13.2 Å². The minimum atomic E-state index is -4.51. The monoisotopic (exact) mass is 470 g/mol. The number of rotatable bonds is 10. The van der Waals surface area contributed by atoms with Crippen molar-refractivity contribution in [3.8, 4) is 5.75 Å². The van der Waals surface area contributed by atoms with Crippen molar-refractivity contribution in [1.29, 1.82) is 0 Å². The number of likely N-dealkylation sites (tertiary alicyclic amines) is 1. The number of carbonyl (C=O) groups excluding carboxylic acids is 1. The van der Waals surface area contributed by atoms with Crippen LogP contribution in [0.4, 0.5) is 24.0 Å². The molecule has 0 aliphatic carbocycles. The van der Waals surface area contributed by atoms with Crippen LogP contribution < -0.4 is 15.8 Å². The number of primary amides is 1. The van der Waals surface area contributed by atoms with Crippen LogP contribution in [-0.2, 0) is 17.5 Å². The molecule has 32 heavy (non-hydrogen) atoms. The highest BCUT2D eigenvalue weighted by molar-refractivity contribution is 7.13. The van der Waals surface area contributed by atoms with Gasteiger partial charge in [0.1, 0.15) is 5.75 Å². The van der Waals surface area contributed by atoms with Crippen LogP contribution in [0.2, 0.25) is 0 Å². The average molecular weight is 471 g/mol. The normalized spacial score (nSPS) is 15.6. The van der Waals surface area contributed by atoms with Crippen LogP contribution in [0.25, 0.3) is 0 Å². The summed E-state index contributed by atoms with van der Waals surface area (Å²) >= 11 is 1.34. The summed E-state index contributed by atoms with van der Waals surface area (Å²) in [5, 5.41) is 5.38. The molecule has 0 radical (unpaired) electrons. The molecule has 6 nitrogen and oxygen atoms in total. The molecule has 1 amide bonds. The zero-order chi connectivity index (χ0) is 23.1. The fourth-order valence-corrected chi connectivity index (χ4v) is 4.38. The minimum Gasteiger partial charge on any atom is -0.493 e. The molecule has 3 N–H and O–H groups in total. The number of alkyl halides is 3. The Hall–Kier alpha value is -2.33. The Morgan fingerprint density at radius 2 is 2.06 bits per heavy atom. The lowest BCUT2D eigenvalue weighted by molar-refractivity contribution is -0.139. The molecule has 176 valence electrons. The van der Waals surface area contributed by atoms with Gasteiger partial charge in [0.25, 0.3) is 0 Å². The van der Waals surface area contributed by atoms with E-state index in [4.69, 9.17) is 10.5 Å². The van der Waals surface area contributed by atoms with Gasteiger partial charge in [-0.25, -0.2) is 4.98 Å². The quantitative estimate of drug-likeness (QED) is 0.468. The predicted octanol–water partition coefficient (Wildman–Crippen LogP) is 5.17. The first-order valence-corrected chi connectivity index (χ1v) is 11.7. The molecular formula is C22H29F3N4O2S. The van der Waals surface area contributed by atoms with E-state index in [-0.39, 0.29) is 24.2 Å². The molecule has 0 saturated carbocycles. The van der Waals surface area contributed by atoms with Gasteiger partial charge in [-0.15, -0.1) is 11.3 Å². The fourth-order valence-electron chi connectivity index (χ4n) is 3.65. The Kier molecular flexibility index (Phi) is 8.36. The highest BCUT2D eigenvalue weighted by atomic mass is 32.1. The number of aromatic nitrogens is 1. The number of piperidine rings is 1. The summed E-state index contributed by atoms with van der Waals surface area (Å²) in [4.78, 5) is 18.0. The third-order valence-electron chi connectivity index (χ3n) is 5.47. The molecule has 0 unspecified atom stereocenters. The smallest absolute Gasteiger partial charge is 0.420 e. The molecule has 1 saturated heterocycles. The summed E-state index contributed by atoms with van der Waals surface area (Å²) < 4.78 is 46.0. The summed E-state index contributed by atoms with van der Waals surface area (Å²) in [7, 11) is 0. The Morgan fingerprint density at radius 1 is 1.31 bits per heavy atom. The number of benzene rings is 1. The lowest BCUT2D eigenvalue weighted by atomic mass is 9.96. The van der Waals surface area contributed by atoms with E-state index < -0.39 is 11.7 Å². The molecule has 1 aromatic carbocycles. The molecule has 10 heteroatoms. The number of nitrogens with two attached hydrogens (primary N) is 1. The Bertz CT molecular complexity index is 896. The molecule has 0 bridgehead atoms. The number of unbranched alkanes of at least 4 members (excludes halogenated alkanes) is 2. The summed E-state index contributed by atoms with van der Waals surface area (Å²) in [6.07, 6.45) is -0.440. The Morgan fingerprint density at radius 3 is 2.72 bits per heavy atom. The summed E-state index contributed by atoms with van der Waals surface area (Å²) in [5.74, 6) is -0.473. The van der Waals surface area contributed by atoms with Gasteiger partial charge >= 0.3 is 6.18 Å². The largest absolute Gasteiger partial charge is 0.493 e. The van der Waals surface area contributed by atoms with E-state index in [1.54, 1.807) is 6.07 Å². The number of ether oxygens (including phenoxy) is 1. The van der Waals surface area contributed by atoms with Gasteiger partial charge in [-0.1, -0.05) is 19.8 Å². The van der Waals surface area contributed by atoms with E-state index >= 15 is 0 Å². The number of hydrogen-bond acceptors (Lipinski definition) is 6. The summed E-state index contributed by atoms with van der Waals surface area (Å²) in [6, 6.07) is 3.99. The zero-order valence-electron chi connectivity index (χ0n) is 18.1. The maximum absolute atomic E-state index is 13.5. The van der Waals surface area contributed by atoms with Crippen molar-refractivity contribution in [2.45, 2.75) is 51.7 Å². The van der Waals surface area contributed by atoms with E-state index in [0.717, 1.165) is 57.0 Å². The van der Waals surface area contributed by atoms with Gasteiger partial charge in [0.2, 0.25) is 5.91 Å². The highest BCUT2D eigenvalue weighted by Gasteiger charge is 2.35. The first-order chi connectivity index (χ1) is 15.3. The second-order valence-electron chi connectivity index (χ2n) is 7.99. The molecule has 1 aromatic heterocycles. The van der Waals surface area contributed by atoms with Crippen LogP contribution >= 0.6 is 11.3 Å². The molecule has 0 spiro atoms. The van der Waals surface area contributed by atoms with Crippen LogP contribution in [0.1, 0.15) is 50.3 Å². The highest BCUT2D eigenvalue weighted by Crippen LogP contribution is 2.38. The maximum Gasteiger partial charge on any atom is 0.420 e. The maximum atomic E-state index is 13.5. The van der Waals surface area contributed by atoms with Gasteiger partial charge in [0.05, 0.1) is 17.9 Å².